The van der Waals surface area contributed by atoms with Crippen LogP contribution in [-0.2, 0) is 4.79 Å². The fourth-order valence-corrected chi connectivity index (χ4v) is 3.09. The van der Waals surface area contributed by atoms with Crippen molar-refractivity contribution in [2.75, 3.05) is 33.2 Å². The van der Waals surface area contributed by atoms with Crippen LogP contribution in [0.4, 0.5) is 0 Å². The zero-order chi connectivity index (χ0) is 10.8. The maximum absolute atomic E-state index is 10.9. The molecule has 1 amide bonds. The normalized spacial score (nSPS) is 33.7. The summed E-state index contributed by atoms with van der Waals surface area (Å²) in [4.78, 5) is 15.6. The van der Waals surface area contributed by atoms with Gasteiger partial charge in [-0.25, -0.2) is 0 Å². The first-order valence-corrected chi connectivity index (χ1v) is 5.87. The van der Waals surface area contributed by atoms with Crippen LogP contribution >= 0.6 is 0 Å². The summed E-state index contributed by atoms with van der Waals surface area (Å²) in [5.74, 6) is 0.550. The van der Waals surface area contributed by atoms with Crippen LogP contribution < -0.4 is 5.73 Å². The van der Waals surface area contributed by atoms with Crippen LogP contribution in [0.25, 0.3) is 0 Å². The molecule has 2 unspecified atom stereocenters. The number of hydrogen-bond donors (Lipinski definition) is 1. The van der Waals surface area contributed by atoms with Gasteiger partial charge in [0.15, 0.2) is 0 Å². The highest BCUT2D eigenvalue weighted by atomic mass is 16.1. The average Bonchev–Trinajstić information content (AvgIpc) is 2.17. The Kier molecular flexibility index (Phi) is 3.26. The Balaban J connectivity index is 1.91. The lowest BCUT2D eigenvalue weighted by Gasteiger charge is -2.45. The van der Waals surface area contributed by atoms with Crippen molar-refractivity contribution in [3.05, 3.63) is 0 Å². The molecule has 0 radical (unpaired) electrons. The van der Waals surface area contributed by atoms with Crippen molar-refractivity contribution in [2.24, 2.45) is 11.7 Å². The summed E-state index contributed by atoms with van der Waals surface area (Å²) in [6, 6.07) is 0.739. The van der Waals surface area contributed by atoms with E-state index in [1.807, 2.05) is 0 Å². The monoisotopic (exact) mass is 211 g/mol. The largest absolute Gasteiger partial charge is 0.369 e. The molecule has 4 nitrogen and oxygen atoms in total. The molecule has 2 saturated heterocycles. The molecule has 0 saturated carbocycles. The number of nitrogens with two attached hydrogens (primary N) is 1. The van der Waals surface area contributed by atoms with Crippen molar-refractivity contribution in [2.45, 2.75) is 25.3 Å². The van der Waals surface area contributed by atoms with Crippen LogP contribution in [-0.4, -0.2) is 55.0 Å². The van der Waals surface area contributed by atoms with Crippen molar-refractivity contribution in [1.29, 1.82) is 0 Å². The minimum Gasteiger partial charge on any atom is -0.369 e. The van der Waals surface area contributed by atoms with Crippen LogP contribution in [0, 0.1) is 5.92 Å². The summed E-state index contributed by atoms with van der Waals surface area (Å²) < 4.78 is 0. The Hall–Kier alpha value is -0.610. The first kappa shape index (κ1) is 10.9. The molecule has 0 aromatic rings. The molecule has 0 aromatic carbocycles. The predicted molar refractivity (Wildman–Crippen MR) is 59.4 cm³/mol. The Morgan fingerprint density at radius 1 is 1.40 bits per heavy atom. The lowest BCUT2D eigenvalue weighted by Crippen LogP contribution is -2.53. The molecule has 2 aliphatic rings. The van der Waals surface area contributed by atoms with E-state index < -0.39 is 0 Å². The van der Waals surface area contributed by atoms with Crippen LogP contribution in [0.15, 0.2) is 0 Å². The van der Waals surface area contributed by atoms with Gasteiger partial charge in [-0.2, -0.15) is 0 Å². The summed E-state index contributed by atoms with van der Waals surface area (Å²) in [5.41, 5.74) is 5.23. The van der Waals surface area contributed by atoms with Gasteiger partial charge in [0.25, 0.3) is 0 Å². The van der Waals surface area contributed by atoms with Gasteiger partial charge in [0.2, 0.25) is 5.91 Å². The Morgan fingerprint density at radius 3 is 2.93 bits per heavy atom. The van der Waals surface area contributed by atoms with E-state index in [1.165, 1.54) is 25.8 Å². The van der Waals surface area contributed by atoms with Gasteiger partial charge < -0.3 is 10.6 Å². The van der Waals surface area contributed by atoms with Crippen molar-refractivity contribution in [1.82, 2.24) is 9.80 Å². The fourth-order valence-electron chi connectivity index (χ4n) is 3.09. The molecule has 0 spiro atoms. The molecular formula is C11H21N3O. The molecule has 2 fully saturated rings. The molecule has 2 atom stereocenters. The van der Waals surface area contributed by atoms with E-state index in [1.54, 1.807) is 0 Å². The minimum absolute atomic E-state index is 0.197. The number of carbonyl (C=O) groups is 1. The van der Waals surface area contributed by atoms with Crippen LogP contribution in [0.3, 0.4) is 0 Å². The molecule has 2 N–H and O–H groups in total. The Morgan fingerprint density at radius 2 is 2.20 bits per heavy atom. The molecule has 4 heteroatoms. The van der Waals surface area contributed by atoms with Gasteiger partial charge in [-0.3, -0.25) is 9.69 Å². The predicted octanol–water partition coefficient (Wildman–Crippen LogP) is -0.112. The molecule has 0 aromatic heterocycles. The van der Waals surface area contributed by atoms with Crippen molar-refractivity contribution < 1.29 is 4.79 Å². The lowest BCUT2D eigenvalue weighted by atomic mass is 9.84. The summed E-state index contributed by atoms with van der Waals surface area (Å²) in [5, 5.41) is 0. The first-order chi connectivity index (χ1) is 7.16. The number of hydrogen-bond acceptors (Lipinski definition) is 3. The van der Waals surface area contributed by atoms with Gasteiger partial charge in [0.05, 0.1) is 6.54 Å². The number of nitrogens with zero attached hydrogens (tertiary/aromatic N) is 2. The van der Waals surface area contributed by atoms with E-state index in [0.29, 0.717) is 6.54 Å². The number of amides is 1. The third kappa shape index (κ3) is 2.49. The second-order valence-electron chi connectivity index (χ2n) is 4.94. The lowest BCUT2D eigenvalue weighted by molar-refractivity contribution is -0.120. The zero-order valence-electron chi connectivity index (χ0n) is 9.48. The SMILES string of the molecule is CN1CCCC2CN(CC(N)=O)CCC21. The number of primary amides is 1. The first-order valence-electron chi connectivity index (χ1n) is 5.87. The smallest absolute Gasteiger partial charge is 0.231 e. The van der Waals surface area contributed by atoms with Gasteiger partial charge in [-0.05, 0) is 38.8 Å². The van der Waals surface area contributed by atoms with Gasteiger partial charge >= 0.3 is 0 Å². The number of carbonyl (C=O) groups excluding carboxylic acids is 1. The van der Waals surface area contributed by atoms with E-state index in [9.17, 15) is 4.79 Å². The van der Waals surface area contributed by atoms with E-state index in [4.69, 9.17) is 5.73 Å². The van der Waals surface area contributed by atoms with E-state index >= 15 is 0 Å². The van der Waals surface area contributed by atoms with E-state index in [2.05, 4.69) is 16.8 Å². The molecule has 0 aliphatic carbocycles. The summed E-state index contributed by atoms with van der Waals surface area (Å²) in [7, 11) is 2.22. The van der Waals surface area contributed by atoms with E-state index in [-0.39, 0.29) is 5.91 Å². The summed E-state index contributed by atoms with van der Waals surface area (Å²) >= 11 is 0. The second-order valence-corrected chi connectivity index (χ2v) is 4.94. The summed E-state index contributed by atoms with van der Waals surface area (Å²) in [6.45, 7) is 3.75. The van der Waals surface area contributed by atoms with Crippen LogP contribution in [0.1, 0.15) is 19.3 Å². The number of piperidine rings is 2. The molecule has 2 rings (SSSR count). The number of fused-ring (bicyclic) bond motifs is 1. The van der Waals surface area contributed by atoms with E-state index in [0.717, 1.165) is 25.0 Å². The average molecular weight is 211 g/mol. The topological polar surface area (TPSA) is 49.6 Å². The Bertz CT molecular complexity index is 244. The molecule has 0 bridgehead atoms. The van der Waals surface area contributed by atoms with Gasteiger partial charge in [0, 0.05) is 19.1 Å². The number of likely N-dealkylation sites (tertiary alicyclic amines) is 2. The van der Waals surface area contributed by atoms with Crippen LogP contribution in [0.2, 0.25) is 0 Å². The highest BCUT2D eigenvalue weighted by Gasteiger charge is 2.34. The minimum atomic E-state index is -0.197. The van der Waals surface area contributed by atoms with Crippen molar-refractivity contribution in [3.8, 4) is 0 Å². The fraction of sp³-hybridized carbons (Fsp3) is 0.909. The standard InChI is InChI=1S/C11H21N3O/c1-13-5-2-3-9-7-14(8-11(12)15)6-4-10(9)13/h9-10H,2-8H2,1H3,(H2,12,15). The van der Waals surface area contributed by atoms with Gasteiger partial charge in [-0.15, -0.1) is 0 Å². The molecule has 86 valence electrons. The summed E-state index contributed by atoms with van der Waals surface area (Å²) in [6.07, 6.45) is 3.79. The molecule has 15 heavy (non-hydrogen) atoms. The van der Waals surface area contributed by atoms with Crippen LogP contribution in [0.5, 0.6) is 0 Å². The Labute approximate surface area is 91.4 Å². The van der Waals surface area contributed by atoms with Crippen molar-refractivity contribution >= 4 is 5.91 Å². The third-order valence-electron chi connectivity index (χ3n) is 3.81. The van der Waals surface area contributed by atoms with Gasteiger partial charge in [0.1, 0.15) is 0 Å². The number of rotatable bonds is 2. The maximum Gasteiger partial charge on any atom is 0.231 e. The third-order valence-corrected chi connectivity index (χ3v) is 3.81. The molecule has 2 heterocycles. The highest BCUT2D eigenvalue weighted by molar-refractivity contribution is 5.75. The van der Waals surface area contributed by atoms with Crippen molar-refractivity contribution in [3.63, 3.8) is 0 Å². The maximum atomic E-state index is 10.9. The molecular weight excluding hydrogens is 190 g/mol. The zero-order valence-corrected chi connectivity index (χ0v) is 9.48. The second kappa shape index (κ2) is 4.49. The van der Waals surface area contributed by atoms with Gasteiger partial charge in [-0.1, -0.05) is 0 Å². The quantitative estimate of drug-likeness (QED) is 0.693. The molecule has 2 aliphatic heterocycles. The highest BCUT2D eigenvalue weighted by Crippen LogP contribution is 2.29.